The number of rotatable bonds is 3. The van der Waals surface area contributed by atoms with Gasteiger partial charge in [0, 0.05) is 6.54 Å². The molecule has 1 amide bonds. The summed E-state index contributed by atoms with van der Waals surface area (Å²) in [6.45, 7) is 2.29. The first-order chi connectivity index (χ1) is 8.18. The van der Waals surface area contributed by atoms with Crippen molar-refractivity contribution in [3.8, 4) is 0 Å². The highest BCUT2D eigenvalue weighted by Crippen LogP contribution is 2.19. The number of amides is 1. The number of likely N-dealkylation sites (tertiary alicyclic amines) is 1. The number of benzene rings is 1. The van der Waals surface area contributed by atoms with Gasteiger partial charge in [0.25, 0.3) is 0 Å². The van der Waals surface area contributed by atoms with Crippen LogP contribution in [0.5, 0.6) is 0 Å². The summed E-state index contributed by atoms with van der Waals surface area (Å²) in [5.41, 5.74) is 1.01. The maximum absolute atomic E-state index is 12.1. The van der Waals surface area contributed by atoms with E-state index in [0.717, 1.165) is 24.9 Å². The van der Waals surface area contributed by atoms with Crippen molar-refractivity contribution in [1.29, 1.82) is 0 Å². The van der Waals surface area contributed by atoms with Crippen molar-refractivity contribution in [2.24, 2.45) is 0 Å². The normalized spacial score (nSPS) is 19.4. The van der Waals surface area contributed by atoms with Gasteiger partial charge >= 0.3 is 0 Å². The largest absolute Gasteiger partial charge is 0.332 e. The van der Waals surface area contributed by atoms with E-state index in [0.29, 0.717) is 6.42 Å². The fourth-order valence-electron chi connectivity index (χ4n) is 2.36. The van der Waals surface area contributed by atoms with Crippen molar-refractivity contribution < 1.29 is 9.59 Å². The summed E-state index contributed by atoms with van der Waals surface area (Å²) in [6.07, 6.45) is 2.14. The topological polar surface area (TPSA) is 37.4 Å². The Morgan fingerprint density at radius 3 is 2.65 bits per heavy atom. The molecule has 1 atom stereocenters. The molecule has 2 rings (SSSR count). The van der Waals surface area contributed by atoms with Gasteiger partial charge in [-0.15, -0.1) is 0 Å². The van der Waals surface area contributed by atoms with Crippen molar-refractivity contribution >= 4 is 11.7 Å². The first-order valence-electron chi connectivity index (χ1n) is 6.02. The van der Waals surface area contributed by atoms with Gasteiger partial charge in [-0.2, -0.15) is 0 Å². The minimum atomic E-state index is -0.189. The molecule has 0 aliphatic carbocycles. The molecular formula is C14H17NO2. The monoisotopic (exact) mass is 231 g/mol. The van der Waals surface area contributed by atoms with Gasteiger partial charge in [0.2, 0.25) is 5.91 Å². The molecule has 1 fully saturated rings. The summed E-state index contributed by atoms with van der Waals surface area (Å²) in [6, 6.07) is 9.48. The second-order valence-electron chi connectivity index (χ2n) is 4.52. The van der Waals surface area contributed by atoms with Crippen LogP contribution in [-0.4, -0.2) is 29.2 Å². The molecular weight excluding hydrogens is 214 g/mol. The average molecular weight is 231 g/mol. The van der Waals surface area contributed by atoms with E-state index in [-0.39, 0.29) is 17.7 Å². The highest BCUT2D eigenvalue weighted by atomic mass is 16.2. The predicted molar refractivity (Wildman–Crippen MR) is 65.6 cm³/mol. The Hall–Kier alpha value is -1.64. The summed E-state index contributed by atoms with van der Waals surface area (Å²) >= 11 is 0. The number of carbonyl (C=O) groups excluding carboxylic acids is 2. The second kappa shape index (κ2) is 5.13. The molecule has 1 aliphatic heterocycles. The molecule has 1 aliphatic rings. The molecule has 0 aromatic heterocycles. The van der Waals surface area contributed by atoms with E-state index in [4.69, 9.17) is 0 Å². The Bertz CT molecular complexity index is 413. The van der Waals surface area contributed by atoms with Crippen molar-refractivity contribution in [3.05, 3.63) is 35.9 Å². The molecule has 3 heteroatoms. The summed E-state index contributed by atoms with van der Waals surface area (Å²) in [7, 11) is 0. The Morgan fingerprint density at radius 1 is 1.29 bits per heavy atom. The number of carbonyl (C=O) groups is 2. The van der Waals surface area contributed by atoms with E-state index >= 15 is 0 Å². The molecule has 17 heavy (non-hydrogen) atoms. The first kappa shape index (κ1) is 11.8. The highest BCUT2D eigenvalue weighted by molar-refractivity contribution is 5.88. The molecule has 0 bridgehead atoms. The highest BCUT2D eigenvalue weighted by Gasteiger charge is 2.31. The van der Waals surface area contributed by atoms with Crippen LogP contribution in [-0.2, 0) is 16.0 Å². The van der Waals surface area contributed by atoms with Gasteiger partial charge in [-0.1, -0.05) is 30.3 Å². The van der Waals surface area contributed by atoms with Gasteiger partial charge in [-0.3, -0.25) is 9.59 Å². The molecule has 1 saturated heterocycles. The summed E-state index contributed by atoms with van der Waals surface area (Å²) in [5.74, 6) is 0.165. The molecule has 3 nitrogen and oxygen atoms in total. The lowest BCUT2D eigenvalue weighted by Gasteiger charge is -2.22. The van der Waals surface area contributed by atoms with Crippen LogP contribution in [0.4, 0.5) is 0 Å². The van der Waals surface area contributed by atoms with E-state index in [1.165, 1.54) is 0 Å². The zero-order valence-corrected chi connectivity index (χ0v) is 10.1. The van der Waals surface area contributed by atoms with Crippen LogP contribution >= 0.6 is 0 Å². The van der Waals surface area contributed by atoms with Crippen LogP contribution in [0.2, 0.25) is 0 Å². The standard InChI is InChI=1S/C14H17NO2/c1-11(16)13-8-5-9-15(13)14(17)10-12-6-3-2-4-7-12/h2-4,6-7,13H,5,8-10H2,1H3/t13-/m0/s1. The maximum atomic E-state index is 12.1. The third kappa shape index (κ3) is 2.73. The van der Waals surface area contributed by atoms with E-state index in [2.05, 4.69) is 0 Å². The van der Waals surface area contributed by atoms with Crippen LogP contribution in [0.3, 0.4) is 0 Å². The van der Waals surface area contributed by atoms with E-state index in [1.54, 1.807) is 11.8 Å². The molecule has 90 valence electrons. The molecule has 0 spiro atoms. The van der Waals surface area contributed by atoms with Gasteiger partial charge in [0.05, 0.1) is 12.5 Å². The van der Waals surface area contributed by atoms with Crippen LogP contribution < -0.4 is 0 Å². The van der Waals surface area contributed by atoms with Crippen molar-refractivity contribution in [3.63, 3.8) is 0 Å². The summed E-state index contributed by atoms with van der Waals surface area (Å²) in [5, 5.41) is 0. The van der Waals surface area contributed by atoms with E-state index < -0.39 is 0 Å². The van der Waals surface area contributed by atoms with E-state index in [1.807, 2.05) is 30.3 Å². The number of ketones is 1. The lowest BCUT2D eigenvalue weighted by atomic mass is 10.1. The smallest absolute Gasteiger partial charge is 0.227 e. The lowest BCUT2D eigenvalue weighted by Crippen LogP contribution is -2.40. The summed E-state index contributed by atoms with van der Waals surface area (Å²) in [4.78, 5) is 25.3. The number of hydrogen-bond donors (Lipinski definition) is 0. The Labute approximate surface area is 101 Å². The Kier molecular flexibility index (Phi) is 3.57. The average Bonchev–Trinajstić information content (AvgIpc) is 2.79. The maximum Gasteiger partial charge on any atom is 0.227 e. The van der Waals surface area contributed by atoms with E-state index in [9.17, 15) is 9.59 Å². The predicted octanol–water partition coefficient (Wildman–Crippen LogP) is 1.81. The minimum absolute atomic E-state index is 0.0638. The van der Waals surface area contributed by atoms with Crippen molar-refractivity contribution in [2.75, 3.05) is 6.54 Å². The third-order valence-corrected chi connectivity index (χ3v) is 3.24. The van der Waals surface area contributed by atoms with Crippen molar-refractivity contribution in [2.45, 2.75) is 32.2 Å². The van der Waals surface area contributed by atoms with Gasteiger partial charge in [0.1, 0.15) is 0 Å². The number of Topliss-reactive ketones (excluding diaryl/α,β-unsaturated/α-hetero) is 1. The quantitative estimate of drug-likeness (QED) is 0.795. The minimum Gasteiger partial charge on any atom is -0.332 e. The molecule has 0 radical (unpaired) electrons. The fraction of sp³-hybridized carbons (Fsp3) is 0.429. The first-order valence-corrected chi connectivity index (χ1v) is 6.02. The van der Waals surface area contributed by atoms with Crippen LogP contribution in [0, 0.1) is 0 Å². The molecule has 0 unspecified atom stereocenters. The Balaban J connectivity index is 2.03. The molecule has 0 saturated carbocycles. The third-order valence-electron chi connectivity index (χ3n) is 3.24. The lowest BCUT2D eigenvalue weighted by molar-refractivity contribution is -0.136. The molecule has 1 aromatic carbocycles. The number of hydrogen-bond acceptors (Lipinski definition) is 2. The second-order valence-corrected chi connectivity index (χ2v) is 4.52. The number of nitrogens with zero attached hydrogens (tertiary/aromatic N) is 1. The summed E-state index contributed by atoms with van der Waals surface area (Å²) < 4.78 is 0. The Morgan fingerprint density at radius 2 is 2.00 bits per heavy atom. The zero-order chi connectivity index (χ0) is 12.3. The van der Waals surface area contributed by atoms with Crippen LogP contribution in [0.1, 0.15) is 25.3 Å². The van der Waals surface area contributed by atoms with Gasteiger partial charge < -0.3 is 4.90 Å². The van der Waals surface area contributed by atoms with Crippen LogP contribution in [0.25, 0.3) is 0 Å². The SMILES string of the molecule is CC(=O)[C@@H]1CCCN1C(=O)Cc1ccccc1. The zero-order valence-electron chi connectivity index (χ0n) is 10.1. The fourth-order valence-corrected chi connectivity index (χ4v) is 2.36. The molecule has 1 heterocycles. The van der Waals surface area contributed by atoms with Gasteiger partial charge in [0.15, 0.2) is 5.78 Å². The van der Waals surface area contributed by atoms with Gasteiger partial charge in [-0.25, -0.2) is 0 Å². The van der Waals surface area contributed by atoms with Crippen molar-refractivity contribution in [1.82, 2.24) is 4.90 Å². The molecule has 1 aromatic rings. The van der Waals surface area contributed by atoms with Gasteiger partial charge in [-0.05, 0) is 25.3 Å². The van der Waals surface area contributed by atoms with Crippen LogP contribution in [0.15, 0.2) is 30.3 Å². The molecule has 0 N–H and O–H groups in total.